The fraction of sp³-hybridized carbons (Fsp3) is 0.688. The topological polar surface area (TPSA) is 59.1 Å². The van der Waals surface area contributed by atoms with Crippen molar-refractivity contribution in [1.29, 1.82) is 0 Å². The number of aliphatic hydroxyl groups excluding tert-OH is 1. The normalized spacial score (nSPS) is 29.2. The molecule has 0 saturated heterocycles. The van der Waals surface area contributed by atoms with Crippen molar-refractivity contribution >= 4 is 0 Å². The van der Waals surface area contributed by atoms with E-state index in [-0.39, 0.29) is 5.41 Å². The van der Waals surface area contributed by atoms with E-state index in [1.807, 2.05) is 19.1 Å². The van der Waals surface area contributed by atoms with E-state index >= 15 is 0 Å². The molecule has 1 unspecified atom stereocenters. The maximum Gasteiger partial charge on any atom is 0.0873 e. The Morgan fingerprint density at radius 2 is 2.11 bits per heavy atom. The quantitative estimate of drug-likeness (QED) is 0.877. The van der Waals surface area contributed by atoms with Gasteiger partial charge in [-0.2, -0.15) is 0 Å². The summed E-state index contributed by atoms with van der Waals surface area (Å²) < 4.78 is 0. The van der Waals surface area contributed by atoms with Crippen molar-refractivity contribution in [2.45, 2.75) is 52.1 Å². The number of nitrogens with two attached hydrogens (primary N) is 1. The van der Waals surface area contributed by atoms with Gasteiger partial charge in [-0.3, -0.25) is 4.98 Å². The number of aliphatic hydroxyl groups is 1. The highest BCUT2D eigenvalue weighted by atomic mass is 16.3. The van der Waals surface area contributed by atoms with Crippen molar-refractivity contribution in [2.75, 3.05) is 6.54 Å². The van der Waals surface area contributed by atoms with Crippen LogP contribution in [0.4, 0.5) is 0 Å². The Hall–Kier alpha value is -0.930. The highest BCUT2D eigenvalue weighted by Gasteiger charge is 2.40. The van der Waals surface area contributed by atoms with Crippen molar-refractivity contribution in [2.24, 2.45) is 17.1 Å². The van der Waals surface area contributed by atoms with Gasteiger partial charge >= 0.3 is 0 Å². The zero-order chi connectivity index (χ0) is 13.9. The van der Waals surface area contributed by atoms with Crippen LogP contribution in [0.2, 0.25) is 0 Å². The number of hydrogen-bond donors (Lipinski definition) is 2. The average molecular weight is 262 g/mol. The second-order valence-corrected chi connectivity index (χ2v) is 6.05. The Morgan fingerprint density at radius 1 is 1.42 bits per heavy atom. The van der Waals surface area contributed by atoms with E-state index in [1.165, 1.54) is 19.3 Å². The first-order chi connectivity index (χ1) is 9.11. The first-order valence-corrected chi connectivity index (χ1v) is 7.42. The molecule has 3 N–H and O–H groups in total. The minimum atomic E-state index is -0.483. The molecule has 1 atom stereocenters. The van der Waals surface area contributed by atoms with Gasteiger partial charge in [-0.05, 0) is 50.2 Å². The summed E-state index contributed by atoms with van der Waals surface area (Å²) in [5.41, 5.74) is 7.75. The van der Waals surface area contributed by atoms with E-state index in [1.54, 1.807) is 6.20 Å². The summed E-state index contributed by atoms with van der Waals surface area (Å²) in [5, 5.41) is 10.7. The fourth-order valence-electron chi connectivity index (χ4n) is 3.24. The van der Waals surface area contributed by atoms with Crippen LogP contribution in [0.1, 0.15) is 56.4 Å². The number of aryl methyl sites for hydroxylation is 1. The molecular formula is C16H26N2O. The number of rotatable bonds is 4. The lowest BCUT2D eigenvalue weighted by Crippen LogP contribution is -2.40. The Kier molecular flexibility index (Phi) is 4.58. The number of pyridine rings is 1. The highest BCUT2D eigenvalue weighted by Crippen LogP contribution is 2.47. The third kappa shape index (κ3) is 2.98. The molecule has 1 aromatic heterocycles. The SMILES string of the molecule is CCC1CCC(CN)(C(O)c2ccc(C)nc2)CC1. The van der Waals surface area contributed by atoms with Crippen LogP contribution >= 0.6 is 0 Å². The zero-order valence-corrected chi connectivity index (χ0v) is 12.1. The van der Waals surface area contributed by atoms with Crippen LogP contribution in [0.25, 0.3) is 0 Å². The van der Waals surface area contributed by atoms with Crippen LogP contribution in [-0.4, -0.2) is 16.6 Å². The molecule has 1 heterocycles. The van der Waals surface area contributed by atoms with Crippen LogP contribution in [0.5, 0.6) is 0 Å². The Labute approximate surface area is 116 Å². The van der Waals surface area contributed by atoms with E-state index in [2.05, 4.69) is 11.9 Å². The van der Waals surface area contributed by atoms with Gasteiger partial charge in [0.25, 0.3) is 0 Å². The molecule has 0 aromatic carbocycles. The summed E-state index contributed by atoms with van der Waals surface area (Å²) in [6, 6.07) is 3.94. The summed E-state index contributed by atoms with van der Waals surface area (Å²) in [5.74, 6) is 0.808. The predicted molar refractivity (Wildman–Crippen MR) is 77.7 cm³/mol. The first-order valence-electron chi connectivity index (χ1n) is 7.42. The van der Waals surface area contributed by atoms with Gasteiger partial charge in [0.05, 0.1) is 6.10 Å². The molecule has 1 aliphatic carbocycles. The van der Waals surface area contributed by atoms with E-state index < -0.39 is 6.10 Å². The number of hydrogen-bond acceptors (Lipinski definition) is 3. The first kappa shape index (κ1) is 14.5. The molecule has 0 bridgehead atoms. The van der Waals surface area contributed by atoms with Gasteiger partial charge in [0.1, 0.15) is 0 Å². The summed E-state index contributed by atoms with van der Waals surface area (Å²) in [4.78, 5) is 4.29. The maximum atomic E-state index is 10.7. The van der Waals surface area contributed by atoms with Crippen molar-refractivity contribution in [3.05, 3.63) is 29.6 Å². The van der Waals surface area contributed by atoms with Gasteiger partial charge < -0.3 is 10.8 Å². The van der Waals surface area contributed by atoms with E-state index in [4.69, 9.17) is 5.73 Å². The summed E-state index contributed by atoms with van der Waals surface area (Å²) in [6.45, 7) is 4.76. The van der Waals surface area contributed by atoms with Crippen LogP contribution in [0, 0.1) is 18.3 Å². The fourth-order valence-corrected chi connectivity index (χ4v) is 3.24. The minimum Gasteiger partial charge on any atom is -0.388 e. The summed E-state index contributed by atoms with van der Waals surface area (Å²) in [7, 11) is 0. The molecule has 1 aromatic rings. The molecule has 106 valence electrons. The number of aromatic nitrogens is 1. The predicted octanol–water partition coefficient (Wildman–Crippen LogP) is 2.97. The highest BCUT2D eigenvalue weighted by molar-refractivity contribution is 5.18. The van der Waals surface area contributed by atoms with Crippen LogP contribution < -0.4 is 5.73 Å². The van der Waals surface area contributed by atoms with E-state index in [9.17, 15) is 5.11 Å². The molecule has 0 spiro atoms. The molecule has 1 saturated carbocycles. The lowest BCUT2D eigenvalue weighted by atomic mass is 9.65. The zero-order valence-electron chi connectivity index (χ0n) is 12.1. The van der Waals surface area contributed by atoms with Gasteiger partial charge in [-0.1, -0.05) is 19.4 Å². The van der Waals surface area contributed by atoms with Crippen LogP contribution in [0.3, 0.4) is 0 Å². The van der Waals surface area contributed by atoms with Crippen LogP contribution in [-0.2, 0) is 0 Å². The van der Waals surface area contributed by atoms with Gasteiger partial charge in [0.2, 0.25) is 0 Å². The molecule has 0 amide bonds. The van der Waals surface area contributed by atoms with Crippen LogP contribution in [0.15, 0.2) is 18.3 Å². The van der Waals surface area contributed by atoms with Crippen molar-refractivity contribution in [3.8, 4) is 0 Å². The average Bonchev–Trinajstić information content (AvgIpc) is 2.47. The Balaban J connectivity index is 2.15. The molecule has 0 radical (unpaired) electrons. The monoisotopic (exact) mass is 262 g/mol. The van der Waals surface area contributed by atoms with Gasteiger partial charge in [0, 0.05) is 23.9 Å². The van der Waals surface area contributed by atoms with Gasteiger partial charge in [-0.25, -0.2) is 0 Å². The molecule has 2 rings (SSSR count). The van der Waals surface area contributed by atoms with Gasteiger partial charge in [0.15, 0.2) is 0 Å². The van der Waals surface area contributed by atoms with E-state index in [0.29, 0.717) is 6.54 Å². The van der Waals surface area contributed by atoms with Crippen molar-refractivity contribution in [3.63, 3.8) is 0 Å². The van der Waals surface area contributed by atoms with Crippen molar-refractivity contribution < 1.29 is 5.11 Å². The second kappa shape index (κ2) is 6.02. The minimum absolute atomic E-state index is 0.150. The standard InChI is InChI=1S/C16H26N2O/c1-3-13-6-8-16(11-17,9-7-13)15(19)14-5-4-12(2)18-10-14/h4-5,10,13,15,19H,3,6-9,11,17H2,1-2H3. The molecule has 3 nitrogen and oxygen atoms in total. The molecule has 1 aliphatic rings. The lowest BCUT2D eigenvalue weighted by molar-refractivity contribution is -0.0105. The van der Waals surface area contributed by atoms with Gasteiger partial charge in [-0.15, -0.1) is 0 Å². The molecule has 0 aliphatic heterocycles. The lowest BCUT2D eigenvalue weighted by Gasteiger charge is -2.42. The third-order valence-electron chi connectivity index (χ3n) is 4.91. The second-order valence-electron chi connectivity index (χ2n) is 6.05. The molecule has 1 fully saturated rings. The molecule has 19 heavy (non-hydrogen) atoms. The smallest absolute Gasteiger partial charge is 0.0873 e. The maximum absolute atomic E-state index is 10.7. The largest absolute Gasteiger partial charge is 0.388 e. The Morgan fingerprint density at radius 3 is 2.58 bits per heavy atom. The summed E-state index contributed by atoms with van der Waals surface area (Å²) in [6.07, 6.45) is 6.97. The third-order valence-corrected chi connectivity index (χ3v) is 4.91. The summed E-state index contributed by atoms with van der Waals surface area (Å²) >= 11 is 0. The van der Waals surface area contributed by atoms with E-state index in [0.717, 1.165) is 30.0 Å². The number of nitrogens with zero attached hydrogens (tertiary/aromatic N) is 1. The molecule has 3 heteroatoms. The van der Waals surface area contributed by atoms with Crippen molar-refractivity contribution in [1.82, 2.24) is 4.98 Å². The molecular weight excluding hydrogens is 236 g/mol. The Bertz CT molecular complexity index is 394.